The Hall–Kier alpha value is -0.120. The molecule has 2 saturated heterocycles. The number of nitrogens with zero attached hydrogens (tertiary/aromatic N) is 2. The van der Waals surface area contributed by atoms with E-state index in [0.29, 0.717) is 12.1 Å². The lowest BCUT2D eigenvalue weighted by atomic mass is 10.1. The van der Waals surface area contributed by atoms with E-state index in [1.165, 1.54) is 19.6 Å². The molecule has 2 aliphatic heterocycles. The first-order valence-corrected chi connectivity index (χ1v) is 4.83. The Balaban J connectivity index is 1.92. The molecule has 2 aliphatic rings. The molecular formula is C9H18N2O. The van der Waals surface area contributed by atoms with Gasteiger partial charge in [0.05, 0.1) is 13.3 Å². The summed E-state index contributed by atoms with van der Waals surface area (Å²) in [6.45, 7) is 9.91. The predicted molar refractivity (Wildman–Crippen MR) is 48.0 cm³/mol. The van der Waals surface area contributed by atoms with E-state index in [4.69, 9.17) is 4.74 Å². The summed E-state index contributed by atoms with van der Waals surface area (Å²) in [5.74, 6) is 0. The van der Waals surface area contributed by atoms with Crippen LogP contribution in [0.2, 0.25) is 0 Å². The molecular weight excluding hydrogens is 152 g/mol. The van der Waals surface area contributed by atoms with E-state index in [-0.39, 0.29) is 0 Å². The SMILES string of the molecule is CC(C)N1CCN2COCC2C1. The minimum Gasteiger partial charge on any atom is -0.364 e. The van der Waals surface area contributed by atoms with Crippen LogP contribution in [-0.4, -0.2) is 54.9 Å². The average molecular weight is 170 g/mol. The molecule has 0 bridgehead atoms. The maximum atomic E-state index is 5.42. The summed E-state index contributed by atoms with van der Waals surface area (Å²) >= 11 is 0. The Morgan fingerprint density at radius 3 is 2.92 bits per heavy atom. The van der Waals surface area contributed by atoms with Crippen molar-refractivity contribution < 1.29 is 4.74 Å². The van der Waals surface area contributed by atoms with Crippen LogP contribution in [0.5, 0.6) is 0 Å². The fraction of sp³-hybridized carbons (Fsp3) is 1.00. The van der Waals surface area contributed by atoms with E-state index in [1.807, 2.05) is 0 Å². The van der Waals surface area contributed by atoms with Gasteiger partial charge in [-0.25, -0.2) is 0 Å². The molecule has 70 valence electrons. The highest BCUT2D eigenvalue weighted by molar-refractivity contribution is 4.84. The quantitative estimate of drug-likeness (QED) is 0.565. The zero-order valence-corrected chi connectivity index (χ0v) is 7.99. The zero-order valence-electron chi connectivity index (χ0n) is 7.99. The summed E-state index contributed by atoms with van der Waals surface area (Å²) < 4.78 is 5.42. The van der Waals surface area contributed by atoms with Crippen LogP contribution < -0.4 is 0 Å². The molecule has 0 amide bonds. The molecule has 0 N–H and O–H groups in total. The Morgan fingerprint density at radius 2 is 2.17 bits per heavy atom. The maximum absolute atomic E-state index is 5.42. The second-order valence-electron chi connectivity index (χ2n) is 4.05. The molecule has 0 spiro atoms. The second kappa shape index (κ2) is 3.32. The standard InChI is InChI=1S/C9H18N2O/c1-8(2)10-3-4-11-7-12-6-9(11)5-10/h8-9H,3-7H2,1-2H3. The van der Waals surface area contributed by atoms with Gasteiger partial charge in [0.25, 0.3) is 0 Å². The normalized spacial score (nSPS) is 32.8. The van der Waals surface area contributed by atoms with E-state index in [2.05, 4.69) is 23.6 Å². The highest BCUT2D eigenvalue weighted by atomic mass is 16.5. The Morgan fingerprint density at radius 1 is 1.33 bits per heavy atom. The highest BCUT2D eigenvalue weighted by Gasteiger charge is 2.31. The summed E-state index contributed by atoms with van der Waals surface area (Å²) in [5, 5.41) is 0. The average Bonchev–Trinajstić information content (AvgIpc) is 2.49. The molecule has 0 aromatic heterocycles. The molecule has 3 nitrogen and oxygen atoms in total. The summed E-state index contributed by atoms with van der Waals surface area (Å²) in [5.41, 5.74) is 0. The van der Waals surface area contributed by atoms with Gasteiger partial charge in [-0.3, -0.25) is 9.80 Å². The van der Waals surface area contributed by atoms with E-state index in [0.717, 1.165) is 13.3 Å². The Kier molecular flexibility index (Phi) is 2.35. The van der Waals surface area contributed by atoms with Crippen molar-refractivity contribution in [3.63, 3.8) is 0 Å². The molecule has 2 rings (SSSR count). The van der Waals surface area contributed by atoms with E-state index < -0.39 is 0 Å². The van der Waals surface area contributed by atoms with Gasteiger partial charge in [0.15, 0.2) is 0 Å². The van der Waals surface area contributed by atoms with Crippen molar-refractivity contribution >= 4 is 0 Å². The number of hydrogen-bond acceptors (Lipinski definition) is 3. The summed E-state index contributed by atoms with van der Waals surface area (Å²) in [4.78, 5) is 4.98. The number of piperazine rings is 1. The van der Waals surface area contributed by atoms with Gasteiger partial charge in [0, 0.05) is 31.7 Å². The third kappa shape index (κ3) is 1.49. The van der Waals surface area contributed by atoms with Crippen molar-refractivity contribution in [2.24, 2.45) is 0 Å². The van der Waals surface area contributed by atoms with Crippen molar-refractivity contribution in [2.45, 2.75) is 25.9 Å². The van der Waals surface area contributed by atoms with Crippen molar-refractivity contribution in [3.8, 4) is 0 Å². The van der Waals surface area contributed by atoms with E-state index in [1.54, 1.807) is 0 Å². The Labute approximate surface area is 74.3 Å². The van der Waals surface area contributed by atoms with Gasteiger partial charge in [-0.1, -0.05) is 0 Å². The molecule has 0 saturated carbocycles. The molecule has 1 unspecified atom stereocenters. The van der Waals surface area contributed by atoms with Gasteiger partial charge < -0.3 is 4.74 Å². The van der Waals surface area contributed by atoms with Crippen LogP contribution in [0.15, 0.2) is 0 Å². The van der Waals surface area contributed by atoms with E-state index in [9.17, 15) is 0 Å². The van der Waals surface area contributed by atoms with Crippen LogP contribution in [0, 0.1) is 0 Å². The lowest BCUT2D eigenvalue weighted by Gasteiger charge is -2.38. The summed E-state index contributed by atoms with van der Waals surface area (Å²) in [7, 11) is 0. The summed E-state index contributed by atoms with van der Waals surface area (Å²) in [6, 6.07) is 1.36. The number of rotatable bonds is 1. The van der Waals surface area contributed by atoms with Gasteiger partial charge in [-0.05, 0) is 13.8 Å². The molecule has 2 fully saturated rings. The van der Waals surface area contributed by atoms with Gasteiger partial charge in [-0.2, -0.15) is 0 Å². The van der Waals surface area contributed by atoms with Crippen molar-refractivity contribution in [3.05, 3.63) is 0 Å². The Bertz CT molecular complexity index is 161. The highest BCUT2D eigenvalue weighted by Crippen LogP contribution is 2.16. The molecule has 12 heavy (non-hydrogen) atoms. The van der Waals surface area contributed by atoms with Gasteiger partial charge in [0.1, 0.15) is 0 Å². The first kappa shape index (κ1) is 8.48. The number of fused-ring (bicyclic) bond motifs is 1. The third-order valence-corrected chi connectivity index (χ3v) is 2.93. The van der Waals surface area contributed by atoms with Crippen molar-refractivity contribution in [1.82, 2.24) is 9.80 Å². The topological polar surface area (TPSA) is 15.7 Å². The zero-order chi connectivity index (χ0) is 8.55. The smallest absolute Gasteiger partial charge is 0.0995 e. The fourth-order valence-electron chi connectivity index (χ4n) is 2.02. The van der Waals surface area contributed by atoms with E-state index >= 15 is 0 Å². The largest absolute Gasteiger partial charge is 0.364 e. The van der Waals surface area contributed by atoms with Gasteiger partial charge >= 0.3 is 0 Å². The number of ether oxygens (including phenoxy) is 1. The van der Waals surface area contributed by atoms with Crippen LogP contribution in [0.1, 0.15) is 13.8 Å². The van der Waals surface area contributed by atoms with Crippen LogP contribution >= 0.6 is 0 Å². The molecule has 1 atom stereocenters. The lowest BCUT2D eigenvalue weighted by Crippen LogP contribution is -2.52. The molecule has 0 aromatic rings. The van der Waals surface area contributed by atoms with Crippen LogP contribution in [0.3, 0.4) is 0 Å². The number of hydrogen-bond donors (Lipinski definition) is 0. The fourth-order valence-corrected chi connectivity index (χ4v) is 2.02. The predicted octanol–water partition coefficient (Wildman–Crippen LogP) is 0.369. The van der Waals surface area contributed by atoms with Gasteiger partial charge in [-0.15, -0.1) is 0 Å². The van der Waals surface area contributed by atoms with Crippen LogP contribution in [0.4, 0.5) is 0 Å². The van der Waals surface area contributed by atoms with Crippen LogP contribution in [-0.2, 0) is 4.74 Å². The summed E-state index contributed by atoms with van der Waals surface area (Å²) in [6.07, 6.45) is 0. The van der Waals surface area contributed by atoms with Gasteiger partial charge in [0.2, 0.25) is 0 Å². The minimum absolute atomic E-state index is 0.668. The first-order chi connectivity index (χ1) is 5.77. The maximum Gasteiger partial charge on any atom is 0.0995 e. The van der Waals surface area contributed by atoms with Crippen molar-refractivity contribution in [1.29, 1.82) is 0 Å². The monoisotopic (exact) mass is 170 g/mol. The lowest BCUT2D eigenvalue weighted by molar-refractivity contribution is 0.0753. The van der Waals surface area contributed by atoms with Crippen LogP contribution in [0.25, 0.3) is 0 Å². The molecule has 0 aromatic carbocycles. The third-order valence-electron chi connectivity index (χ3n) is 2.93. The molecule has 0 aliphatic carbocycles. The van der Waals surface area contributed by atoms with Crippen molar-refractivity contribution in [2.75, 3.05) is 33.0 Å². The molecule has 3 heteroatoms. The molecule has 0 radical (unpaired) electrons. The first-order valence-electron chi connectivity index (χ1n) is 4.83. The molecule has 2 heterocycles. The second-order valence-corrected chi connectivity index (χ2v) is 4.05. The minimum atomic E-state index is 0.668.